The van der Waals surface area contributed by atoms with Crippen molar-refractivity contribution in [3.63, 3.8) is 0 Å². The Morgan fingerprint density at radius 2 is 1.84 bits per heavy atom. The Kier molecular flexibility index (Phi) is 3.85. The number of nitrogen functional groups attached to an aromatic ring is 1. The third kappa shape index (κ3) is 3.32. The van der Waals surface area contributed by atoms with Gasteiger partial charge >= 0.3 is 0 Å². The number of nitrogens with zero attached hydrogens (tertiary/aromatic N) is 1. The SMILES string of the molecule is Cc1cc(C)cc(NC(=O)c2cc(Br)cnc2N)c1. The molecule has 0 saturated heterocycles. The minimum atomic E-state index is -0.267. The number of benzene rings is 1. The lowest BCUT2D eigenvalue weighted by molar-refractivity contribution is 0.102. The molecule has 0 aliphatic heterocycles. The highest BCUT2D eigenvalue weighted by Gasteiger charge is 2.12. The van der Waals surface area contributed by atoms with Crippen LogP contribution in [0.25, 0.3) is 0 Å². The summed E-state index contributed by atoms with van der Waals surface area (Å²) in [5.74, 6) is -0.0543. The van der Waals surface area contributed by atoms with E-state index in [2.05, 4.69) is 26.2 Å². The van der Waals surface area contributed by atoms with E-state index in [9.17, 15) is 4.79 Å². The van der Waals surface area contributed by atoms with Crippen LogP contribution in [-0.4, -0.2) is 10.9 Å². The zero-order valence-electron chi connectivity index (χ0n) is 10.7. The van der Waals surface area contributed by atoms with E-state index in [-0.39, 0.29) is 11.7 Å². The van der Waals surface area contributed by atoms with Crippen molar-refractivity contribution < 1.29 is 4.79 Å². The highest BCUT2D eigenvalue weighted by Crippen LogP contribution is 2.19. The van der Waals surface area contributed by atoms with E-state index in [0.29, 0.717) is 10.0 Å². The summed E-state index contributed by atoms with van der Waals surface area (Å²) in [4.78, 5) is 16.1. The number of aryl methyl sites for hydroxylation is 2. The number of halogens is 1. The predicted molar refractivity (Wildman–Crippen MR) is 80.2 cm³/mol. The largest absolute Gasteiger partial charge is 0.383 e. The van der Waals surface area contributed by atoms with Crippen molar-refractivity contribution in [3.8, 4) is 0 Å². The summed E-state index contributed by atoms with van der Waals surface area (Å²) < 4.78 is 0.715. The number of amides is 1. The van der Waals surface area contributed by atoms with Crippen LogP contribution in [0.4, 0.5) is 11.5 Å². The van der Waals surface area contributed by atoms with Gasteiger partial charge < -0.3 is 11.1 Å². The lowest BCUT2D eigenvalue weighted by Gasteiger charge is -2.09. The van der Waals surface area contributed by atoms with Gasteiger partial charge in [-0.1, -0.05) is 6.07 Å². The van der Waals surface area contributed by atoms with Crippen LogP contribution in [0.1, 0.15) is 21.5 Å². The van der Waals surface area contributed by atoms with Gasteiger partial charge in [0.25, 0.3) is 5.91 Å². The van der Waals surface area contributed by atoms with E-state index in [4.69, 9.17) is 5.73 Å². The first-order chi connectivity index (χ1) is 8.95. The van der Waals surface area contributed by atoms with E-state index in [1.165, 1.54) is 0 Å². The number of hydrogen-bond donors (Lipinski definition) is 2. The maximum Gasteiger partial charge on any atom is 0.259 e. The first-order valence-corrected chi connectivity index (χ1v) is 6.55. The number of pyridine rings is 1. The summed E-state index contributed by atoms with van der Waals surface area (Å²) in [5.41, 5.74) is 9.00. The molecular formula is C14H14BrN3O. The van der Waals surface area contributed by atoms with E-state index in [0.717, 1.165) is 16.8 Å². The third-order valence-electron chi connectivity index (χ3n) is 2.61. The topological polar surface area (TPSA) is 68.0 Å². The van der Waals surface area contributed by atoms with Crippen molar-refractivity contribution in [1.82, 2.24) is 4.98 Å². The van der Waals surface area contributed by atoms with Gasteiger partial charge in [-0.3, -0.25) is 4.79 Å². The lowest BCUT2D eigenvalue weighted by atomic mass is 10.1. The molecule has 98 valence electrons. The summed E-state index contributed by atoms with van der Waals surface area (Å²) >= 11 is 3.28. The Morgan fingerprint density at radius 1 is 1.21 bits per heavy atom. The lowest BCUT2D eigenvalue weighted by Crippen LogP contribution is -2.15. The smallest absolute Gasteiger partial charge is 0.259 e. The Morgan fingerprint density at radius 3 is 2.47 bits per heavy atom. The van der Waals surface area contributed by atoms with Gasteiger partial charge in [0, 0.05) is 16.4 Å². The number of nitrogens with one attached hydrogen (secondary N) is 1. The van der Waals surface area contributed by atoms with Crippen LogP contribution in [0.3, 0.4) is 0 Å². The van der Waals surface area contributed by atoms with Gasteiger partial charge in [-0.25, -0.2) is 4.98 Å². The minimum Gasteiger partial charge on any atom is -0.383 e. The maximum atomic E-state index is 12.2. The number of hydrogen-bond acceptors (Lipinski definition) is 3. The van der Waals surface area contributed by atoms with Crippen LogP contribution in [0.15, 0.2) is 34.9 Å². The Hall–Kier alpha value is -1.88. The fourth-order valence-corrected chi connectivity index (χ4v) is 2.21. The van der Waals surface area contributed by atoms with E-state index in [1.807, 2.05) is 32.0 Å². The molecule has 19 heavy (non-hydrogen) atoms. The molecule has 2 aromatic rings. The molecule has 0 radical (unpaired) electrons. The molecule has 0 unspecified atom stereocenters. The first kappa shape index (κ1) is 13.5. The van der Waals surface area contributed by atoms with Crippen molar-refractivity contribution in [2.75, 3.05) is 11.1 Å². The summed E-state index contributed by atoms with van der Waals surface area (Å²) in [6.07, 6.45) is 1.56. The molecule has 0 atom stereocenters. The second-order valence-electron chi connectivity index (χ2n) is 4.42. The van der Waals surface area contributed by atoms with Gasteiger partial charge in [-0.15, -0.1) is 0 Å². The maximum absolute atomic E-state index is 12.2. The molecule has 4 nitrogen and oxygen atoms in total. The van der Waals surface area contributed by atoms with Crippen molar-refractivity contribution in [2.24, 2.45) is 0 Å². The average Bonchev–Trinajstić information content (AvgIpc) is 2.30. The number of aromatic nitrogens is 1. The highest BCUT2D eigenvalue weighted by atomic mass is 79.9. The molecular weight excluding hydrogens is 306 g/mol. The molecule has 5 heteroatoms. The van der Waals surface area contributed by atoms with Gasteiger partial charge in [0.1, 0.15) is 5.82 Å². The molecule has 0 saturated carbocycles. The number of carbonyl (C=O) groups excluding carboxylic acids is 1. The van der Waals surface area contributed by atoms with E-state index < -0.39 is 0 Å². The van der Waals surface area contributed by atoms with Crippen molar-refractivity contribution in [1.29, 1.82) is 0 Å². The molecule has 0 fully saturated rings. The molecule has 0 spiro atoms. The van der Waals surface area contributed by atoms with Crippen molar-refractivity contribution >= 4 is 33.3 Å². The number of anilines is 2. The van der Waals surface area contributed by atoms with Crippen LogP contribution in [0.2, 0.25) is 0 Å². The molecule has 1 aromatic heterocycles. The van der Waals surface area contributed by atoms with Crippen LogP contribution in [-0.2, 0) is 0 Å². The molecule has 1 heterocycles. The molecule has 0 aliphatic carbocycles. The summed E-state index contributed by atoms with van der Waals surface area (Å²) in [5, 5.41) is 2.83. The van der Waals surface area contributed by atoms with Gasteiger partial charge in [-0.2, -0.15) is 0 Å². The van der Waals surface area contributed by atoms with Crippen molar-refractivity contribution in [3.05, 3.63) is 51.6 Å². The Bertz CT molecular complexity index is 620. The molecule has 1 amide bonds. The molecule has 0 bridgehead atoms. The fraction of sp³-hybridized carbons (Fsp3) is 0.143. The summed E-state index contributed by atoms with van der Waals surface area (Å²) in [6, 6.07) is 7.52. The second kappa shape index (κ2) is 5.40. The van der Waals surface area contributed by atoms with Gasteiger partial charge in [0.15, 0.2) is 0 Å². The summed E-state index contributed by atoms with van der Waals surface area (Å²) in [6.45, 7) is 3.97. The first-order valence-electron chi connectivity index (χ1n) is 5.76. The van der Waals surface area contributed by atoms with Crippen molar-refractivity contribution in [2.45, 2.75) is 13.8 Å². The average molecular weight is 320 g/mol. The Labute approximate surface area is 120 Å². The predicted octanol–water partition coefficient (Wildman–Crippen LogP) is 3.30. The number of rotatable bonds is 2. The zero-order chi connectivity index (χ0) is 14.0. The third-order valence-corrected chi connectivity index (χ3v) is 3.04. The second-order valence-corrected chi connectivity index (χ2v) is 5.33. The normalized spacial score (nSPS) is 10.3. The van der Waals surface area contributed by atoms with E-state index in [1.54, 1.807) is 12.3 Å². The molecule has 2 rings (SSSR count). The summed E-state index contributed by atoms with van der Waals surface area (Å²) in [7, 11) is 0. The molecule has 1 aromatic carbocycles. The quantitative estimate of drug-likeness (QED) is 0.892. The van der Waals surface area contributed by atoms with Gasteiger partial charge in [0.2, 0.25) is 0 Å². The standard InChI is InChI=1S/C14H14BrN3O/c1-8-3-9(2)5-11(4-8)18-14(19)12-6-10(15)7-17-13(12)16/h3-7H,1-2H3,(H2,16,17)(H,18,19). The molecule has 0 aliphatic rings. The highest BCUT2D eigenvalue weighted by molar-refractivity contribution is 9.10. The fourth-order valence-electron chi connectivity index (χ4n) is 1.88. The minimum absolute atomic E-state index is 0.213. The monoisotopic (exact) mass is 319 g/mol. The number of nitrogens with two attached hydrogens (primary N) is 1. The van der Waals surface area contributed by atoms with Crippen LogP contribution in [0, 0.1) is 13.8 Å². The zero-order valence-corrected chi connectivity index (χ0v) is 12.3. The van der Waals surface area contributed by atoms with Crippen LogP contribution >= 0.6 is 15.9 Å². The van der Waals surface area contributed by atoms with Gasteiger partial charge in [-0.05, 0) is 59.1 Å². The van der Waals surface area contributed by atoms with E-state index >= 15 is 0 Å². The van der Waals surface area contributed by atoms with Crippen LogP contribution in [0.5, 0.6) is 0 Å². The Balaban J connectivity index is 2.28. The van der Waals surface area contributed by atoms with Gasteiger partial charge in [0.05, 0.1) is 5.56 Å². The molecule has 3 N–H and O–H groups in total. The van der Waals surface area contributed by atoms with Crippen LogP contribution < -0.4 is 11.1 Å². The number of carbonyl (C=O) groups is 1.